The molecule has 1 aliphatic carbocycles. The van der Waals surface area contributed by atoms with Gasteiger partial charge in [-0.25, -0.2) is 14.6 Å². The van der Waals surface area contributed by atoms with E-state index >= 15 is 0 Å². The Kier molecular flexibility index (Phi) is 13.9. The number of nitrogens with one attached hydrogen (secondary N) is 3. The third-order valence-corrected chi connectivity index (χ3v) is 8.55. The number of rotatable bonds is 14. The molecule has 1 saturated heterocycles. The lowest BCUT2D eigenvalue weighted by molar-refractivity contribution is 0.00997. The third kappa shape index (κ3) is 13.7. The molecular formula is C36H60N8O5. The number of anilines is 2. The molecule has 2 fully saturated rings. The Morgan fingerprint density at radius 2 is 1.57 bits per heavy atom. The fraction of sp³-hybridized carbons (Fsp3) is 0.750. The van der Waals surface area contributed by atoms with Gasteiger partial charge >= 0.3 is 12.2 Å². The quantitative estimate of drug-likeness (QED) is 0.196. The predicted octanol–water partition coefficient (Wildman–Crippen LogP) is 6.68. The number of ether oxygens (including phenoxy) is 2. The molecular weight excluding hydrogens is 624 g/mol. The highest BCUT2D eigenvalue weighted by atomic mass is 16.6. The summed E-state index contributed by atoms with van der Waals surface area (Å²) in [6.45, 7) is 17.2. The average Bonchev–Trinajstić information content (AvgIpc) is 3.48. The van der Waals surface area contributed by atoms with E-state index in [9.17, 15) is 9.59 Å². The molecule has 274 valence electrons. The van der Waals surface area contributed by atoms with Crippen LogP contribution in [0.4, 0.5) is 21.4 Å². The molecule has 0 atom stereocenters. The Morgan fingerprint density at radius 3 is 2.27 bits per heavy atom. The van der Waals surface area contributed by atoms with Crippen molar-refractivity contribution in [2.24, 2.45) is 0 Å². The van der Waals surface area contributed by atoms with E-state index in [1.807, 2.05) is 65.5 Å². The SMILES string of the molecule is Cc1cc(NC2CCNCC2)nc(NCc2cc(CCCN(CCCN(C(=O)OC(C)(C)C)C3CCCCC3)C(=O)OC(C)(C)C)on2)n1. The summed E-state index contributed by atoms with van der Waals surface area (Å²) < 4.78 is 17.1. The van der Waals surface area contributed by atoms with Crippen LogP contribution in [0.1, 0.15) is 116 Å². The Bertz CT molecular complexity index is 1330. The smallest absolute Gasteiger partial charge is 0.410 e. The highest BCUT2D eigenvalue weighted by Gasteiger charge is 2.30. The van der Waals surface area contributed by atoms with Gasteiger partial charge in [0, 0.05) is 56.0 Å². The second-order valence-electron chi connectivity index (χ2n) is 15.4. The molecule has 0 aromatic carbocycles. The highest BCUT2D eigenvalue weighted by Crippen LogP contribution is 2.25. The van der Waals surface area contributed by atoms with E-state index in [2.05, 4.69) is 31.1 Å². The van der Waals surface area contributed by atoms with Crippen LogP contribution in [-0.2, 0) is 22.4 Å². The lowest BCUT2D eigenvalue weighted by Crippen LogP contribution is -2.46. The predicted molar refractivity (Wildman–Crippen MR) is 191 cm³/mol. The van der Waals surface area contributed by atoms with E-state index in [0.29, 0.717) is 57.4 Å². The standard InChI is InChI=1S/C36H60N8O5/c1-26-23-31(40-27-16-18-37-19-17-27)41-32(39-26)38-25-28-24-30(49-42-28)15-11-20-43(33(45)47-35(2,3)4)21-12-22-44(29-13-9-8-10-14-29)34(46)48-36(5,6)7/h23-24,27,29,37H,8-22,25H2,1-7H3,(H2,38,39,40,41). The maximum Gasteiger partial charge on any atom is 0.410 e. The van der Waals surface area contributed by atoms with Crippen molar-refractivity contribution in [3.05, 3.63) is 29.3 Å². The molecule has 4 rings (SSSR count). The first-order valence-corrected chi connectivity index (χ1v) is 18.2. The van der Waals surface area contributed by atoms with E-state index in [4.69, 9.17) is 14.0 Å². The van der Waals surface area contributed by atoms with Crippen LogP contribution in [-0.4, -0.2) is 93.1 Å². The van der Waals surface area contributed by atoms with Gasteiger partial charge in [0.1, 0.15) is 28.5 Å². The minimum atomic E-state index is -0.613. The Labute approximate surface area is 292 Å². The monoisotopic (exact) mass is 684 g/mol. The van der Waals surface area contributed by atoms with Gasteiger partial charge < -0.3 is 39.7 Å². The highest BCUT2D eigenvalue weighted by molar-refractivity contribution is 5.69. The topological polar surface area (TPSA) is 147 Å². The normalized spacial score (nSPS) is 16.2. The van der Waals surface area contributed by atoms with E-state index in [1.165, 1.54) is 6.42 Å². The average molecular weight is 685 g/mol. The number of hydrogen-bond acceptors (Lipinski definition) is 11. The van der Waals surface area contributed by atoms with Gasteiger partial charge in [-0.1, -0.05) is 24.4 Å². The lowest BCUT2D eigenvalue weighted by Gasteiger charge is -2.36. The maximum absolute atomic E-state index is 13.2. The minimum Gasteiger partial charge on any atom is -0.444 e. The Balaban J connectivity index is 1.29. The fourth-order valence-electron chi connectivity index (χ4n) is 6.26. The first-order valence-electron chi connectivity index (χ1n) is 18.2. The second-order valence-corrected chi connectivity index (χ2v) is 15.4. The van der Waals surface area contributed by atoms with E-state index < -0.39 is 11.2 Å². The van der Waals surface area contributed by atoms with Crippen LogP contribution in [0.15, 0.2) is 16.7 Å². The third-order valence-electron chi connectivity index (χ3n) is 8.55. The summed E-state index contributed by atoms with van der Waals surface area (Å²) in [5.74, 6) is 2.11. The summed E-state index contributed by atoms with van der Waals surface area (Å²) in [6, 6.07) is 4.47. The van der Waals surface area contributed by atoms with Gasteiger partial charge in [-0.3, -0.25) is 0 Å². The summed E-state index contributed by atoms with van der Waals surface area (Å²) in [5, 5.41) is 14.4. The number of aromatic nitrogens is 3. The van der Waals surface area contributed by atoms with Crippen LogP contribution >= 0.6 is 0 Å². The van der Waals surface area contributed by atoms with Gasteiger partial charge in [-0.2, -0.15) is 4.98 Å². The Morgan fingerprint density at radius 1 is 0.898 bits per heavy atom. The van der Waals surface area contributed by atoms with Crippen molar-refractivity contribution in [3.63, 3.8) is 0 Å². The van der Waals surface area contributed by atoms with Crippen LogP contribution in [0.3, 0.4) is 0 Å². The van der Waals surface area contributed by atoms with E-state index in [-0.39, 0.29) is 18.2 Å². The van der Waals surface area contributed by atoms with Crippen molar-refractivity contribution >= 4 is 24.0 Å². The molecule has 49 heavy (non-hydrogen) atoms. The molecule has 2 aliphatic rings. The number of carbonyl (C=O) groups is 2. The number of hydrogen-bond donors (Lipinski definition) is 3. The first-order chi connectivity index (χ1) is 23.2. The molecule has 3 N–H and O–H groups in total. The summed E-state index contributed by atoms with van der Waals surface area (Å²) in [7, 11) is 0. The fourth-order valence-corrected chi connectivity index (χ4v) is 6.26. The number of carbonyl (C=O) groups excluding carboxylic acids is 2. The summed E-state index contributed by atoms with van der Waals surface area (Å²) in [6.07, 6.45) is 8.81. The molecule has 13 heteroatoms. The van der Waals surface area contributed by atoms with E-state index in [0.717, 1.165) is 74.6 Å². The number of piperidine rings is 1. The zero-order valence-electron chi connectivity index (χ0n) is 30.9. The molecule has 13 nitrogen and oxygen atoms in total. The molecule has 1 saturated carbocycles. The van der Waals surface area contributed by atoms with Gasteiger partial charge in [-0.15, -0.1) is 0 Å². The number of aryl methyl sites for hydroxylation is 2. The molecule has 3 heterocycles. The number of nitrogens with zero attached hydrogens (tertiary/aromatic N) is 5. The van der Waals surface area contributed by atoms with Crippen molar-refractivity contribution in [1.82, 2.24) is 30.2 Å². The van der Waals surface area contributed by atoms with Crippen molar-refractivity contribution in [1.29, 1.82) is 0 Å². The molecule has 0 radical (unpaired) electrons. The molecule has 1 aliphatic heterocycles. The Hall–Kier alpha value is -3.61. The first kappa shape index (κ1) is 38.2. The van der Waals surface area contributed by atoms with Crippen LogP contribution in [0, 0.1) is 6.92 Å². The second kappa shape index (κ2) is 17.9. The van der Waals surface area contributed by atoms with Crippen molar-refractivity contribution in [2.45, 2.75) is 143 Å². The molecule has 0 unspecified atom stereocenters. The summed E-state index contributed by atoms with van der Waals surface area (Å²) >= 11 is 0. The molecule has 0 bridgehead atoms. The minimum absolute atomic E-state index is 0.171. The van der Waals surface area contributed by atoms with Gasteiger partial charge in [0.15, 0.2) is 0 Å². The van der Waals surface area contributed by atoms with Crippen molar-refractivity contribution in [2.75, 3.05) is 43.4 Å². The summed E-state index contributed by atoms with van der Waals surface area (Å²) in [5.41, 5.74) is 0.459. The lowest BCUT2D eigenvalue weighted by atomic mass is 9.94. The summed E-state index contributed by atoms with van der Waals surface area (Å²) in [4.78, 5) is 39.2. The van der Waals surface area contributed by atoms with Crippen molar-refractivity contribution in [3.8, 4) is 0 Å². The zero-order valence-corrected chi connectivity index (χ0v) is 30.9. The van der Waals surface area contributed by atoms with Crippen LogP contribution in [0.2, 0.25) is 0 Å². The molecule has 2 aromatic rings. The van der Waals surface area contributed by atoms with Gasteiger partial charge in [0.2, 0.25) is 5.95 Å². The van der Waals surface area contributed by atoms with Crippen LogP contribution in [0.5, 0.6) is 0 Å². The largest absolute Gasteiger partial charge is 0.444 e. The van der Waals surface area contributed by atoms with Gasteiger partial charge in [0.25, 0.3) is 0 Å². The maximum atomic E-state index is 13.2. The zero-order chi connectivity index (χ0) is 35.4. The van der Waals surface area contributed by atoms with Crippen molar-refractivity contribution < 1.29 is 23.6 Å². The molecule has 2 aromatic heterocycles. The van der Waals surface area contributed by atoms with Crippen LogP contribution in [0.25, 0.3) is 0 Å². The number of amides is 2. The molecule has 0 spiro atoms. The van der Waals surface area contributed by atoms with Gasteiger partial charge in [-0.05, 0) is 100 Å². The van der Waals surface area contributed by atoms with E-state index in [1.54, 1.807) is 4.90 Å². The van der Waals surface area contributed by atoms with Crippen LogP contribution < -0.4 is 16.0 Å². The van der Waals surface area contributed by atoms with Gasteiger partial charge in [0.05, 0.1) is 6.54 Å². The molecule has 2 amide bonds.